The summed E-state index contributed by atoms with van der Waals surface area (Å²) < 4.78 is 27.8. The first-order chi connectivity index (χ1) is 23.0. The van der Waals surface area contributed by atoms with Gasteiger partial charge < -0.3 is 59.2 Å². The predicted octanol–water partition coefficient (Wildman–Crippen LogP) is 1.38. The Balaban J connectivity index is 1.13. The Morgan fingerprint density at radius 1 is 1.04 bits per heavy atom. The minimum Gasteiger partial charge on any atom is -0.504 e. The molecule has 0 radical (unpaired) electrons. The van der Waals surface area contributed by atoms with Crippen molar-refractivity contribution in [2.75, 3.05) is 20.3 Å². The van der Waals surface area contributed by atoms with Gasteiger partial charge in [-0.1, -0.05) is 12.1 Å². The molecule has 2 aromatic carbocycles. The molecule has 2 fully saturated rings. The van der Waals surface area contributed by atoms with Crippen LogP contribution in [0, 0.1) is 11.8 Å². The molecule has 6 rings (SSSR count). The van der Waals surface area contributed by atoms with Crippen molar-refractivity contribution in [3.8, 4) is 23.0 Å². The third-order valence-electron chi connectivity index (χ3n) is 9.30. The van der Waals surface area contributed by atoms with Crippen molar-refractivity contribution in [1.82, 2.24) is 4.90 Å². The average Bonchev–Trinajstić information content (AvgIpc) is 3.08. The van der Waals surface area contributed by atoms with Crippen molar-refractivity contribution in [3.63, 3.8) is 0 Å². The van der Waals surface area contributed by atoms with E-state index in [-0.39, 0.29) is 28.9 Å². The molecular weight excluding hydrogens is 630 g/mol. The second-order valence-corrected chi connectivity index (χ2v) is 12.1. The number of esters is 1. The van der Waals surface area contributed by atoms with E-state index in [9.17, 15) is 40.2 Å². The Bertz CT molecular complexity index is 1640. The van der Waals surface area contributed by atoms with Gasteiger partial charge in [0.1, 0.15) is 31.0 Å². The number of carbonyl (C=O) groups excluding carboxylic acids is 2. The summed E-state index contributed by atoms with van der Waals surface area (Å²) in [6.45, 7) is 3.84. The molecule has 4 aliphatic heterocycles. The smallest absolute Gasteiger partial charge is 0.330 e. The van der Waals surface area contributed by atoms with Crippen LogP contribution in [0.1, 0.15) is 29.2 Å². The fourth-order valence-corrected chi connectivity index (χ4v) is 6.71. The van der Waals surface area contributed by atoms with E-state index >= 15 is 0 Å². The number of aliphatic hydroxyl groups excluding tert-OH is 3. The first-order valence-electron chi connectivity index (χ1n) is 15.4. The lowest BCUT2D eigenvalue weighted by molar-refractivity contribution is -0.339. The van der Waals surface area contributed by atoms with Gasteiger partial charge in [0.15, 0.2) is 29.3 Å². The van der Waals surface area contributed by atoms with Gasteiger partial charge in [-0.15, -0.1) is 6.58 Å². The average molecular weight is 668 g/mol. The molecule has 4 heterocycles. The van der Waals surface area contributed by atoms with Crippen LogP contribution in [0.4, 0.5) is 0 Å². The number of hydrogen-bond donors (Lipinski definition) is 6. The zero-order valence-electron chi connectivity index (χ0n) is 25.9. The van der Waals surface area contributed by atoms with Crippen molar-refractivity contribution < 1.29 is 63.9 Å². The molecule has 0 bridgehead atoms. The SMILES string of the molecule is C=C[C@H]1[C@H](O[C@@H]2O[C@H](COC(=O)C=Cc3ccc(O)c(OC)c3)[C@@H](O)[C@H](O)[C@H]2O)OC=C2C(=O)N3CCc4cc(O)c(O)cc4[C@H]3C[C@H]21. The predicted molar refractivity (Wildman–Crippen MR) is 165 cm³/mol. The van der Waals surface area contributed by atoms with E-state index in [0.717, 1.165) is 17.2 Å². The van der Waals surface area contributed by atoms with Gasteiger partial charge in [0, 0.05) is 24.5 Å². The molecule has 0 spiro atoms. The topological polar surface area (TPSA) is 205 Å². The number of ether oxygens (including phenoxy) is 5. The summed E-state index contributed by atoms with van der Waals surface area (Å²) in [5.41, 5.74) is 2.51. The minimum absolute atomic E-state index is 0.0652. The second-order valence-electron chi connectivity index (χ2n) is 12.1. The molecule has 14 heteroatoms. The number of phenolic OH excluding ortho intramolecular Hbond substituents is 3. The Hall–Kier alpha value is -4.60. The lowest BCUT2D eigenvalue weighted by atomic mass is 9.73. The van der Waals surface area contributed by atoms with Gasteiger partial charge in [0.25, 0.3) is 5.91 Å². The minimum atomic E-state index is -1.73. The van der Waals surface area contributed by atoms with Crippen LogP contribution in [0.2, 0.25) is 0 Å². The van der Waals surface area contributed by atoms with Crippen molar-refractivity contribution in [3.05, 3.63) is 77.6 Å². The molecule has 0 saturated carbocycles. The number of rotatable bonds is 8. The van der Waals surface area contributed by atoms with E-state index in [2.05, 4.69) is 6.58 Å². The van der Waals surface area contributed by atoms with Crippen LogP contribution in [0.5, 0.6) is 23.0 Å². The van der Waals surface area contributed by atoms with Gasteiger partial charge in [-0.05, 0) is 59.9 Å². The zero-order valence-corrected chi connectivity index (χ0v) is 25.9. The number of aromatic hydroxyl groups is 3. The fraction of sp³-hybridized carbons (Fsp3) is 0.412. The maximum atomic E-state index is 13.6. The summed E-state index contributed by atoms with van der Waals surface area (Å²) in [6.07, 6.45) is -2.64. The number of fused-ring (bicyclic) bond motifs is 4. The standard InChI is InChI=1S/C34H37NO13/c1-3-18-20-12-22-19-13-25(38)24(37)11-17(19)8-9-35(22)32(43)21(20)14-46-33(18)48-34-31(42)30(41)29(40)27(47-34)15-45-28(39)7-5-16-4-6-23(36)26(10-16)44-2/h3-7,10-11,13-14,18,20,22,27,29-31,33-34,36-38,40-42H,1,8-9,12,15H2,2H3/t18-,20+,22-,27-,29-,30+,31-,33+,34+/m1/s1. The van der Waals surface area contributed by atoms with Crippen LogP contribution >= 0.6 is 0 Å². The number of phenols is 3. The van der Waals surface area contributed by atoms with E-state index < -0.39 is 67.4 Å². The van der Waals surface area contributed by atoms with Crippen molar-refractivity contribution in [2.24, 2.45) is 11.8 Å². The summed E-state index contributed by atoms with van der Waals surface area (Å²) in [7, 11) is 1.39. The molecule has 2 aromatic rings. The van der Waals surface area contributed by atoms with Crippen LogP contribution in [-0.4, -0.2) is 105 Å². The van der Waals surface area contributed by atoms with Crippen LogP contribution in [0.25, 0.3) is 6.08 Å². The van der Waals surface area contributed by atoms with Gasteiger partial charge in [-0.3, -0.25) is 4.79 Å². The molecule has 14 nitrogen and oxygen atoms in total. The first kappa shape index (κ1) is 33.3. The number of carbonyl (C=O) groups is 2. The Kier molecular flexibility index (Phi) is 9.36. The van der Waals surface area contributed by atoms with E-state index in [4.69, 9.17) is 23.7 Å². The first-order valence-corrected chi connectivity index (χ1v) is 15.4. The molecule has 256 valence electrons. The molecule has 48 heavy (non-hydrogen) atoms. The largest absolute Gasteiger partial charge is 0.504 e. The summed E-state index contributed by atoms with van der Waals surface area (Å²) in [5, 5.41) is 61.9. The lowest BCUT2D eigenvalue weighted by Crippen LogP contribution is -2.60. The van der Waals surface area contributed by atoms with Crippen LogP contribution < -0.4 is 4.74 Å². The zero-order chi connectivity index (χ0) is 34.3. The number of methoxy groups -OCH3 is 1. The molecule has 9 atom stereocenters. The molecule has 2 saturated heterocycles. The van der Waals surface area contributed by atoms with E-state index in [1.165, 1.54) is 43.7 Å². The number of hydrogen-bond acceptors (Lipinski definition) is 13. The summed E-state index contributed by atoms with van der Waals surface area (Å²) >= 11 is 0. The van der Waals surface area contributed by atoms with E-state index in [0.29, 0.717) is 30.5 Å². The quantitative estimate of drug-likeness (QED) is 0.102. The highest BCUT2D eigenvalue weighted by molar-refractivity contribution is 5.95. The highest BCUT2D eigenvalue weighted by atomic mass is 16.8. The number of piperidine rings is 1. The van der Waals surface area contributed by atoms with Crippen molar-refractivity contribution in [1.29, 1.82) is 0 Å². The summed E-state index contributed by atoms with van der Waals surface area (Å²) in [4.78, 5) is 27.7. The molecule has 0 unspecified atom stereocenters. The number of amides is 1. The van der Waals surface area contributed by atoms with Crippen molar-refractivity contribution in [2.45, 2.75) is 55.9 Å². The monoisotopic (exact) mass is 667 g/mol. The third kappa shape index (κ3) is 6.20. The van der Waals surface area contributed by atoms with Gasteiger partial charge in [-0.2, -0.15) is 0 Å². The van der Waals surface area contributed by atoms with Crippen LogP contribution in [-0.2, 0) is 35.0 Å². The second kappa shape index (κ2) is 13.5. The summed E-state index contributed by atoms with van der Waals surface area (Å²) in [5.74, 6) is -2.45. The number of benzene rings is 2. The van der Waals surface area contributed by atoms with E-state index in [1.807, 2.05) is 0 Å². The lowest BCUT2D eigenvalue weighted by Gasteiger charge is -2.48. The van der Waals surface area contributed by atoms with Gasteiger partial charge in [0.2, 0.25) is 6.29 Å². The maximum Gasteiger partial charge on any atom is 0.330 e. The Labute approximate surface area is 275 Å². The number of nitrogens with zero attached hydrogens (tertiary/aromatic N) is 1. The van der Waals surface area contributed by atoms with Gasteiger partial charge in [0.05, 0.1) is 25.0 Å². The Morgan fingerprint density at radius 2 is 1.81 bits per heavy atom. The number of aliphatic hydroxyl groups is 3. The maximum absolute atomic E-state index is 13.6. The molecule has 0 aromatic heterocycles. The highest BCUT2D eigenvalue weighted by Crippen LogP contribution is 2.49. The van der Waals surface area contributed by atoms with Crippen LogP contribution in [0.3, 0.4) is 0 Å². The fourth-order valence-electron chi connectivity index (χ4n) is 6.71. The van der Waals surface area contributed by atoms with Gasteiger partial charge in [-0.25, -0.2) is 4.79 Å². The molecule has 1 amide bonds. The molecule has 0 aliphatic carbocycles. The highest BCUT2D eigenvalue weighted by Gasteiger charge is 2.51. The molecule has 4 aliphatic rings. The van der Waals surface area contributed by atoms with Crippen LogP contribution in [0.15, 0.2) is 60.9 Å². The molecular formula is C34H37NO13. The van der Waals surface area contributed by atoms with Crippen molar-refractivity contribution >= 4 is 18.0 Å². The van der Waals surface area contributed by atoms with E-state index in [1.54, 1.807) is 17.0 Å². The molecule has 6 N–H and O–H groups in total. The summed E-state index contributed by atoms with van der Waals surface area (Å²) in [6, 6.07) is 7.07. The normalized spacial score (nSPS) is 31.2. The Morgan fingerprint density at radius 3 is 2.56 bits per heavy atom. The third-order valence-corrected chi connectivity index (χ3v) is 9.30. The van der Waals surface area contributed by atoms with Gasteiger partial charge >= 0.3 is 5.97 Å².